The Morgan fingerprint density at radius 2 is 1.60 bits per heavy atom. The molecule has 0 unspecified atom stereocenters. The second kappa shape index (κ2) is 7.94. The minimum atomic E-state index is -0.915. The average Bonchev–Trinajstić information content (AvgIpc) is 2.63. The van der Waals surface area contributed by atoms with Gasteiger partial charge in [0, 0.05) is 13.1 Å². The zero-order valence-corrected chi connectivity index (χ0v) is 13.9. The van der Waals surface area contributed by atoms with Crippen molar-refractivity contribution in [2.45, 2.75) is 18.4 Å². The van der Waals surface area contributed by atoms with Gasteiger partial charge in [-0.2, -0.15) is 0 Å². The molecular formula is C20H21NO4. The zero-order chi connectivity index (χ0) is 17.6. The summed E-state index contributed by atoms with van der Waals surface area (Å²) in [6.45, 7) is 1.15. The number of hydrogen-bond donors (Lipinski definition) is 1. The van der Waals surface area contributed by atoms with Crippen LogP contribution in [0.5, 0.6) is 0 Å². The van der Waals surface area contributed by atoms with Gasteiger partial charge in [0.2, 0.25) is 5.91 Å². The number of carboxylic acids is 1. The van der Waals surface area contributed by atoms with E-state index in [-0.39, 0.29) is 12.3 Å². The monoisotopic (exact) mass is 339 g/mol. The number of carboxylic acid groups (broad SMARTS) is 1. The number of aliphatic carboxylic acids is 1. The maximum absolute atomic E-state index is 13.3. The number of benzene rings is 2. The Hall–Kier alpha value is -2.66. The minimum absolute atomic E-state index is 0.0175. The van der Waals surface area contributed by atoms with Crippen LogP contribution in [0, 0.1) is 0 Å². The van der Waals surface area contributed by atoms with Gasteiger partial charge in [-0.3, -0.25) is 9.59 Å². The van der Waals surface area contributed by atoms with Crippen molar-refractivity contribution in [3.05, 3.63) is 71.8 Å². The van der Waals surface area contributed by atoms with Gasteiger partial charge in [0.05, 0.1) is 25.0 Å². The van der Waals surface area contributed by atoms with Gasteiger partial charge >= 0.3 is 5.97 Å². The van der Waals surface area contributed by atoms with Gasteiger partial charge in [0.15, 0.2) is 0 Å². The third-order valence-corrected chi connectivity index (χ3v) is 4.37. The van der Waals surface area contributed by atoms with E-state index in [1.54, 1.807) is 4.90 Å². The van der Waals surface area contributed by atoms with Crippen LogP contribution in [0.1, 0.15) is 23.5 Å². The first-order chi connectivity index (χ1) is 12.1. The number of hydrogen-bond acceptors (Lipinski definition) is 3. The maximum Gasteiger partial charge on any atom is 0.306 e. The molecule has 0 aromatic heterocycles. The number of carbonyl (C=O) groups is 2. The van der Waals surface area contributed by atoms with Crippen LogP contribution in [0.15, 0.2) is 60.7 Å². The third-order valence-electron chi connectivity index (χ3n) is 4.37. The van der Waals surface area contributed by atoms with Gasteiger partial charge in [0.1, 0.15) is 0 Å². The summed E-state index contributed by atoms with van der Waals surface area (Å²) in [6, 6.07) is 19.3. The molecule has 1 atom stereocenters. The highest BCUT2D eigenvalue weighted by molar-refractivity contribution is 5.87. The fourth-order valence-electron chi connectivity index (χ4n) is 3.19. The Balaban J connectivity index is 1.86. The second-order valence-electron chi connectivity index (χ2n) is 6.13. The van der Waals surface area contributed by atoms with E-state index in [2.05, 4.69) is 0 Å². The van der Waals surface area contributed by atoms with E-state index < -0.39 is 18.0 Å². The van der Waals surface area contributed by atoms with Crippen molar-refractivity contribution in [2.24, 2.45) is 0 Å². The van der Waals surface area contributed by atoms with Crippen LogP contribution in [0.4, 0.5) is 0 Å². The lowest BCUT2D eigenvalue weighted by atomic mass is 9.89. The summed E-state index contributed by atoms with van der Waals surface area (Å²) in [4.78, 5) is 25.9. The van der Waals surface area contributed by atoms with Gasteiger partial charge in [-0.1, -0.05) is 60.7 Å². The summed E-state index contributed by atoms with van der Waals surface area (Å²) in [7, 11) is 0. The molecule has 1 amide bonds. The fourth-order valence-corrected chi connectivity index (χ4v) is 3.19. The van der Waals surface area contributed by atoms with Crippen LogP contribution in [0.25, 0.3) is 0 Å². The maximum atomic E-state index is 13.3. The highest BCUT2D eigenvalue weighted by atomic mass is 16.5. The molecule has 1 heterocycles. The molecule has 0 radical (unpaired) electrons. The standard InChI is InChI=1S/C20H21NO4/c22-18(23)13-17-14-21(11-12-25-17)20(24)19(15-7-3-1-4-8-15)16-9-5-2-6-10-16/h1-10,17,19H,11-14H2,(H,22,23)/t17-/m0/s1. The number of ether oxygens (including phenoxy) is 1. The van der Waals surface area contributed by atoms with Crippen molar-refractivity contribution in [3.63, 3.8) is 0 Å². The molecule has 1 N–H and O–H groups in total. The average molecular weight is 339 g/mol. The molecule has 0 spiro atoms. The van der Waals surface area contributed by atoms with Crippen molar-refractivity contribution in [2.75, 3.05) is 19.7 Å². The van der Waals surface area contributed by atoms with Crippen LogP contribution >= 0.6 is 0 Å². The molecule has 0 aliphatic carbocycles. The van der Waals surface area contributed by atoms with Crippen LogP contribution < -0.4 is 0 Å². The van der Waals surface area contributed by atoms with Crippen molar-refractivity contribution >= 4 is 11.9 Å². The summed E-state index contributed by atoms with van der Waals surface area (Å²) in [6.07, 6.45) is -0.548. The summed E-state index contributed by atoms with van der Waals surface area (Å²) in [5.41, 5.74) is 1.86. The Labute approximate surface area is 146 Å². The van der Waals surface area contributed by atoms with Crippen LogP contribution in [0.3, 0.4) is 0 Å². The van der Waals surface area contributed by atoms with Crippen molar-refractivity contribution in [1.82, 2.24) is 4.90 Å². The Kier molecular flexibility index (Phi) is 5.46. The highest BCUT2D eigenvalue weighted by Crippen LogP contribution is 2.27. The molecule has 130 valence electrons. The molecule has 5 nitrogen and oxygen atoms in total. The Morgan fingerprint density at radius 3 is 2.12 bits per heavy atom. The van der Waals surface area contributed by atoms with Crippen molar-refractivity contribution < 1.29 is 19.4 Å². The molecule has 1 fully saturated rings. The molecule has 2 aromatic carbocycles. The number of nitrogens with zero attached hydrogens (tertiary/aromatic N) is 1. The fraction of sp³-hybridized carbons (Fsp3) is 0.300. The van der Waals surface area contributed by atoms with Gasteiger partial charge < -0.3 is 14.7 Å². The van der Waals surface area contributed by atoms with Crippen LogP contribution in [-0.4, -0.2) is 47.7 Å². The normalized spacial score (nSPS) is 17.5. The smallest absolute Gasteiger partial charge is 0.306 e. The molecule has 2 aromatic rings. The molecular weight excluding hydrogens is 318 g/mol. The van der Waals surface area contributed by atoms with E-state index in [9.17, 15) is 9.59 Å². The second-order valence-corrected chi connectivity index (χ2v) is 6.13. The zero-order valence-electron chi connectivity index (χ0n) is 13.9. The molecule has 5 heteroatoms. The minimum Gasteiger partial charge on any atom is -0.481 e. The molecule has 25 heavy (non-hydrogen) atoms. The predicted octanol–water partition coefficient (Wildman–Crippen LogP) is 2.52. The molecule has 3 rings (SSSR count). The molecule has 0 bridgehead atoms. The quantitative estimate of drug-likeness (QED) is 0.909. The largest absolute Gasteiger partial charge is 0.481 e. The lowest BCUT2D eigenvalue weighted by Gasteiger charge is -2.35. The lowest BCUT2D eigenvalue weighted by Crippen LogP contribution is -2.48. The van der Waals surface area contributed by atoms with Gasteiger partial charge in [-0.25, -0.2) is 0 Å². The number of carbonyl (C=O) groups excluding carboxylic acids is 1. The number of morpholine rings is 1. The van der Waals surface area contributed by atoms with E-state index >= 15 is 0 Å². The van der Waals surface area contributed by atoms with E-state index in [4.69, 9.17) is 9.84 Å². The Morgan fingerprint density at radius 1 is 1.04 bits per heavy atom. The van der Waals surface area contributed by atoms with Crippen molar-refractivity contribution in [3.8, 4) is 0 Å². The molecule has 1 aliphatic heterocycles. The summed E-state index contributed by atoms with van der Waals surface area (Å²) in [5, 5.41) is 8.97. The van der Waals surface area contributed by atoms with Crippen LogP contribution in [-0.2, 0) is 14.3 Å². The predicted molar refractivity (Wildman–Crippen MR) is 93.3 cm³/mol. The van der Waals surface area contributed by atoms with Gasteiger partial charge in [-0.15, -0.1) is 0 Å². The summed E-state index contributed by atoms with van der Waals surface area (Å²) >= 11 is 0. The van der Waals surface area contributed by atoms with Gasteiger partial charge in [-0.05, 0) is 11.1 Å². The SMILES string of the molecule is O=C(O)C[C@H]1CN(C(=O)C(c2ccccc2)c2ccccc2)CCO1. The number of rotatable bonds is 5. The first kappa shape index (κ1) is 17.2. The third kappa shape index (κ3) is 4.25. The topological polar surface area (TPSA) is 66.8 Å². The first-order valence-electron chi connectivity index (χ1n) is 8.37. The molecule has 0 saturated carbocycles. The lowest BCUT2D eigenvalue weighted by molar-refractivity contribution is -0.148. The van der Waals surface area contributed by atoms with Crippen molar-refractivity contribution in [1.29, 1.82) is 0 Å². The van der Waals surface area contributed by atoms with Crippen LogP contribution in [0.2, 0.25) is 0 Å². The van der Waals surface area contributed by atoms with E-state index in [1.165, 1.54) is 0 Å². The van der Waals surface area contributed by atoms with E-state index in [0.717, 1.165) is 11.1 Å². The Bertz CT molecular complexity index is 677. The van der Waals surface area contributed by atoms with E-state index in [0.29, 0.717) is 19.7 Å². The summed E-state index contributed by atoms with van der Waals surface area (Å²) < 4.78 is 5.49. The molecule has 1 saturated heterocycles. The first-order valence-corrected chi connectivity index (χ1v) is 8.37. The highest BCUT2D eigenvalue weighted by Gasteiger charge is 2.31. The summed E-state index contributed by atoms with van der Waals surface area (Å²) in [5.74, 6) is -1.33. The molecule has 1 aliphatic rings. The van der Waals surface area contributed by atoms with E-state index in [1.807, 2.05) is 60.7 Å². The van der Waals surface area contributed by atoms with Gasteiger partial charge in [0.25, 0.3) is 0 Å². The number of amides is 1.